The van der Waals surface area contributed by atoms with Gasteiger partial charge in [0, 0.05) is 44.6 Å². The normalized spacial score (nSPS) is 22.8. The van der Waals surface area contributed by atoms with Crippen LogP contribution in [0.3, 0.4) is 0 Å². The molecule has 1 aliphatic heterocycles. The molecular formula is C15H25N3O3S. The summed E-state index contributed by atoms with van der Waals surface area (Å²) in [5.74, 6) is 0.409. The van der Waals surface area contributed by atoms with Gasteiger partial charge >= 0.3 is 0 Å². The van der Waals surface area contributed by atoms with E-state index in [1.807, 2.05) is 10.9 Å². The average molecular weight is 327 g/mol. The van der Waals surface area contributed by atoms with E-state index in [-0.39, 0.29) is 0 Å². The van der Waals surface area contributed by atoms with Crippen LogP contribution in [0.25, 0.3) is 0 Å². The third-order valence-corrected chi connectivity index (χ3v) is 7.69. The summed E-state index contributed by atoms with van der Waals surface area (Å²) in [6.07, 6.45) is 5.03. The Morgan fingerprint density at radius 3 is 2.59 bits per heavy atom. The van der Waals surface area contributed by atoms with Crippen LogP contribution >= 0.6 is 0 Å². The number of nitrogens with zero attached hydrogens (tertiary/aromatic N) is 3. The Kier molecular flexibility index (Phi) is 4.31. The number of hydrogen-bond acceptors (Lipinski definition) is 4. The van der Waals surface area contributed by atoms with E-state index >= 15 is 0 Å². The lowest BCUT2D eigenvalue weighted by Gasteiger charge is -2.34. The molecule has 0 N–H and O–H groups in total. The van der Waals surface area contributed by atoms with E-state index in [1.165, 1.54) is 5.69 Å². The summed E-state index contributed by atoms with van der Waals surface area (Å²) in [5, 5.41) is 4.32. The topological polar surface area (TPSA) is 64.4 Å². The van der Waals surface area contributed by atoms with Crippen molar-refractivity contribution in [1.29, 1.82) is 0 Å². The first-order chi connectivity index (χ1) is 10.5. The molecule has 7 heteroatoms. The number of methoxy groups -OCH3 is 1. The molecule has 3 rings (SSSR count). The first-order valence-electron chi connectivity index (χ1n) is 8.04. The van der Waals surface area contributed by atoms with E-state index in [2.05, 4.69) is 18.1 Å². The van der Waals surface area contributed by atoms with Crippen molar-refractivity contribution in [3.8, 4) is 0 Å². The molecule has 0 bridgehead atoms. The van der Waals surface area contributed by atoms with Crippen molar-refractivity contribution in [3.05, 3.63) is 18.0 Å². The zero-order chi connectivity index (χ0) is 15.8. The number of ether oxygens (including phenoxy) is 1. The van der Waals surface area contributed by atoms with Crippen molar-refractivity contribution in [2.45, 2.75) is 49.8 Å². The molecule has 6 nitrogen and oxygen atoms in total. The quantitative estimate of drug-likeness (QED) is 0.796. The highest BCUT2D eigenvalue weighted by Gasteiger charge is 2.57. The molecule has 1 aromatic heterocycles. The predicted molar refractivity (Wildman–Crippen MR) is 84.2 cm³/mol. The smallest absolute Gasteiger partial charge is 0.222 e. The lowest BCUT2D eigenvalue weighted by Crippen LogP contribution is -2.46. The van der Waals surface area contributed by atoms with Crippen LogP contribution in [0.2, 0.25) is 0 Å². The molecule has 22 heavy (non-hydrogen) atoms. The number of piperidine rings is 1. The number of sulfonamides is 1. The molecule has 0 spiro atoms. The van der Waals surface area contributed by atoms with E-state index in [9.17, 15) is 8.42 Å². The van der Waals surface area contributed by atoms with Crippen molar-refractivity contribution in [2.75, 3.05) is 26.8 Å². The molecule has 0 atom stereocenters. The van der Waals surface area contributed by atoms with Gasteiger partial charge in [0.25, 0.3) is 0 Å². The first kappa shape index (κ1) is 16.0. The minimum atomic E-state index is -3.23. The summed E-state index contributed by atoms with van der Waals surface area (Å²) >= 11 is 0. The van der Waals surface area contributed by atoms with Crippen molar-refractivity contribution >= 4 is 10.0 Å². The molecule has 124 valence electrons. The molecule has 2 aliphatic rings. The minimum absolute atomic E-state index is 0.317. The molecule has 0 radical (unpaired) electrons. The number of rotatable bonds is 6. The Balaban J connectivity index is 1.67. The van der Waals surface area contributed by atoms with Crippen LogP contribution in [0, 0.1) is 0 Å². The summed E-state index contributed by atoms with van der Waals surface area (Å²) in [5.41, 5.74) is 1.23. The van der Waals surface area contributed by atoms with Crippen molar-refractivity contribution in [1.82, 2.24) is 14.1 Å². The summed E-state index contributed by atoms with van der Waals surface area (Å²) in [7, 11) is -1.66. The Hall–Kier alpha value is -0.920. The second-order valence-electron chi connectivity index (χ2n) is 6.37. The zero-order valence-corrected chi connectivity index (χ0v) is 14.2. The standard InChI is InChI=1S/C15H25N3O3S/c1-3-18-14(4-9-16-18)13-5-10-17(11-6-13)22(19,20)15(7-8-15)12-21-2/h4,9,13H,3,5-8,10-12H2,1-2H3. The minimum Gasteiger partial charge on any atom is -0.383 e. The summed E-state index contributed by atoms with van der Waals surface area (Å²) in [4.78, 5) is 0. The van der Waals surface area contributed by atoms with E-state index in [1.54, 1.807) is 11.4 Å². The third kappa shape index (κ3) is 2.59. The Morgan fingerprint density at radius 1 is 1.36 bits per heavy atom. The third-order valence-electron chi connectivity index (χ3n) is 5.02. The number of aromatic nitrogens is 2. The maximum atomic E-state index is 12.8. The average Bonchev–Trinajstić information content (AvgIpc) is 3.16. The van der Waals surface area contributed by atoms with Gasteiger partial charge in [0.05, 0.1) is 6.61 Å². The van der Waals surface area contributed by atoms with Crippen molar-refractivity contribution < 1.29 is 13.2 Å². The van der Waals surface area contributed by atoms with Gasteiger partial charge in [-0.05, 0) is 38.7 Å². The van der Waals surface area contributed by atoms with Gasteiger partial charge in [-0.2, -0.15) is 5.10 Å². The van der Waals surface area contributed by atoms with Gasteiger partial charge in [-0.3, -0.25) is 4.68 Å². The maximum Gasteiger partial charge on any atom is 0.222 e. The molecule has 1 aromatic rings. The largest absolute Gasteiger partial charge is 0.383 e. The van der Waals surface area contributed by atoms with E-state index < -0.39 is 14.8 Å². The summed E-state index contributed by atoms with van der Waals surface area (Å²) in [6.45, 7) is 4.47. The van der Waals surface area contributed by atoms with Gasteiger partial charge in [-0.25, -0.2) is 12.7 Å². The fourth-order valence-electron chi connectivity index (χ4n) is 3.50. The van der Waals surface area contributed by atoms with Crippen LogP contribution in [0.4, 0.5) is 0 Å². The SMILES string of the molecule is CCn1nccc1C1CCN(S(=O)(=O)C2(COC)CC2)CC1. The van der Waals surface area contributed by atoms with Gasteiger partial charge in [0.15, 0.2) is 0 Å². The Bertz CT molecular complexity index is 614. The van der Waals surface area contributed by atoms with Crippen LogP contribution in [0.1, 0.15) is 44.2 Å². The monoisotopic (exact) mass is 327 g/mol. The van der Waals surface area contributed by atoms with E-state index in [0.29, 0.717) is 25.6 Å². The lowest BCUT2D eigenvalue weighted by atomic mass is 9.94. The van der Waals surface area contributed by atoms with Gasteiger partial charge in [-0.1, -0.05) is 0 Å². The first-order valence-corrected chi connectivity index (χ1v) is 9.48. The Labute approximate surface area is 132 Å². The molecule has 1 saturated heterocycles. The van der Waals surface area contributed by atoms with Gasteiger partial charge in [0.2, 0.25) is 10.0 Å². The van der Waals surface area contributed by atoms with Crippen LogP contribution in [0.5, 0.6) is 0 Å². The molecule has 2 heterocycles. The molecule has 0 amide bonds. The fraction of sp³-hybridized carbons (Fsp3) is 0.800. The van der Waals surface area contributed by atoms with Gasteiger partial charge in [-0.15, -0.1) is 0 Å². The predicted octanol–water partition coefficient (Wildman–Crippen LogP) is 1.59. The summed E-state index contributed by atoms with van der Waals surface area (Å²) in [6, 6.07) is 2.06. The lowest BCUT2D eigenvalue weighted by molar-refractivity contribution is 0.187. The van der Waals surface area contributed by atoms with Crippen molar-refractivity contribution in [3.63, 3.8) is 0 Å². The Morgan fingerprint density at radius 2 is 2.05 bits per heavy atom. The van der Waals surface area contributed by atoms with Crippen molar-refractivity contribution in [2.24, 2.45) is 0 Å². The molecule has 0 aromatic carbocycles. The van der Waals surface area contributed by atoms with E-state index in [4.69, 9.17) is 4.74 Å². The maximum absolute atomic E-state index is 12.8. The second kappa shape index (κ2) is 5.94. The van der Waals surface area contributed by atoms with Crippen LogP contribution in [-0.4, -0.2) is 54.1 Å². The van der Waals surface area contributed by atoms with Crippen LogP contribution in [0.15, 0.2) is 12.3 Å². The molecule has 0 unspecified atom stereocenters. The molecule has 1 aliphatic carbocycles. The zero-order valence-electron chi connectivity index (χ0n) is 13.4. The van der Waals surface area contributed by atoms with Crippen LogP contribution < -0.4 is 0 Å². The van der Waals surface area contributed by atoms with Gasteiger partial charge < -0.3 is 4.74 Å². The second-order valence-corrected chi connectivity index (χ2v) is 8.70. The molecular weight excluding hydrogens is 302 g/mol. The number of aryl methyl sites for hydroxylation is 1. The van der Waals surface area contributed by atoms with E-state index in [0.717, 1.165) is 32.2 Å². The summed E-state index contributed by atoms with van der Waals surface area (Å²) < 4.78 is 33.8. The fourth-order valence-corrected chi connectivity index (χ4v) is 5.62. The van der Waals surface area contributed by atoms with Gasteiger partial charge in [0.1, 0.15) is 4.75 Å². The van der Waals surface area contributed by atoms with Crippen LogP contribution in [-0.2, 0) is 21.3 Å². The highest BCUT2D eigenvalue weighted by atomic mass is 32.2. The highest BCUT2D eigenvalue weighted by molar-refractivity contribution is 7.90. The number of hydrogen-bond donors (Lipinski definition) is 0. The highest BCUT2D eigenvalue weighted by Crippen LogP contribution is 2.46. The molecule has 2 fully saturated rings. The molecule has 1 saturated carbocycles.